The van der Waals surface area contributed by atoms with Gasteiger partial charge >= 0.3 is 0 Å². The van der Waals surface area contributed by atoms with E-state index in [9.17, 15) is 5.26 Å². The molecule has 17 heavy (non-hydrogen) atoms. The van der Waals surface area contributed by atoms with Crippen LogP contribution in [-0.2, 0) is 0 Å². The van der Waals surface area contributed by atoms with Gasteiger partial charge in [0, 0.05) is 12.1 Å². The fourth-order valence-corrected chi connectivity index (χ4v) is 3.58. The summed E-state index contributed by atoms with van der Waals surface area (Å²) in [6.07, 6.45) is 8.89. The third-order valence-electron chi connectivity index (χ3n) is 5.07. The van der Waals surface area contributed by atoms with E-state index in [4.69, 9.17) is 0 Å². The maximum Gasteiger partial charge on any atom is 0.0672 e. The Morgan fingerprint density at radius 3 is 2.41 bits per heavy atom. The SMILES string of the molecule is CC1CCCC(NC2CCCCC2C#N)C1C. The molecule has 0 amide bonds. The maximum absolute atomic E-state index is 9.22. The number of hydrogen-bond donors (Lipinski definition) is 1. The first kappa shape index (κ1) is 12.9. The molecule has 1 N–H and O–H groups in total. The van der Waals surface area contributed by atoms with Gasteiger partial charge in [0.25, 0.3) is 0 Å². The number of nitrogens with zero attached hydrogens (tertiary/aromatic N) is 1. The van der Waals surface area contributed by atoms with Gasteiger partial charge in [-0.15, -0.1) is 0 Å². The molecule has 2 nitrogen and oxygen atoms in total. The van der Waals surface area contributed by atoms with Crippen molar-refractivity contribution < 1.29 is 0 Å². The molecule has 0 spiro atoms. The molecule has 0 bridgehead atoms. The molecule has 2 aliphatic rings. The number of nitriles is 1. The van der Waals surface area contributed by atoms with Crippen molar-refractivity contribution in [2.24, 2.45) is 17.8 Å². The van der Waals surface area contributed by atoms with Crippen molar-refractivity contribution in [1.29, 1.82) is 5.26 Å². The van der Waals surface area contributed by atoms with Crippen LogP contribution in [-0.4, -0.2) is 12.1 Å². The summed E-state index contributed by atoms with van der Waals surface area (Å²) >= 11 is 0. The molecular weight excluding hydrogens is 208 g/mol. The Bertz CT molecular complexity index is 281. The predicted molar refractivity (Wildman–Crippen MR) is 70.5 cm³/mol. The zero-order valence-electron chi connectivity index (χ0n) is 11.3. The first-order chi connectivity index (χ1) is 8.22. The van der Waals surface area contributed by atoms with E-state index >= 15 is 0 Å². The van der Waals surface area contributed by atoms with E-state index in [1.165, 1.54) is 38.5 Å². The standard InChI is InChI=1S/C15H26N2/c1-11-6-5-9-14(12(11)2)17-15-8-4-3-7-13(15)10-16/h11-15,17H,3-9H2,1-2H3. The maximum atomic E-state index is 9.22. The Hall–Kier alpha value is -0.550. The Balaban J connectivity index is 1.92. The van der Waals surface area contributed by atoms with Gasteiger partial charge in [-0.2, -0.15) is 5.26 Å². The lowest BCUT2D eigenvalue weighted by Crippen LogP contribution is -2.49. The van der Waals surface area contributed by atoms with Crippen LogP contribution >= 0.6 is 0 Å². The van der Waals surface area contributed by atoms with E-state index in [0.717, 1.165) is 18.3 Å². The molecule has 96 valence electrons. The highest BCUT2D eigenvalue weighted by atomic mass is 15.0. The van der Waals surface area contributed by atoms with Crippen LogP contribution in [0.2, 0.25) is 0 Å². The lowest BCUT2D eigenvalue weighted by atomic mass is 9.76. The Morgan fingerprint density at radius 2 is 1.65 bits per heavy atom. The quantitative estimate of drug-likeness (QED) is 0.794. The first-order valence-electron chi connectivity index (χ1n) is 7.38. The first-order valence-corrected chi connectivity index (χ1v) is 7.38. The van der Waals surface area contributed by atoms with Crippen LogP contribution in [0.25, 0.3) is 0 Å². The molecule has 2 fully saturated rings. The van der Waals surface area contributed by atoms with E-state index in [1.54, 1.807) is 0 Å². The van der Waals surface area contributed by atoms with E-state index in [-0.39, 0.29) is 5.92 Å². The molecule has 0 radical (unpaired) electrons. The van der Waals surface area contributed by atoms with Crippen molar-refractivity contribution in [2.75, 3.05) is 0 Å². The summed E-state index contributed by atoms with van der Waals surface area (Å²) in [5.74, 6) is 1.86. The molecule has 0 heterocycles. The van der Waals surface area contributed by atoms with Gasteiger partial charge in [0.2, 0.25) is 0 Å². The van der Waals surface area contributed by atoms with Gasteiger partial charge in [-0.25, -0.2) is 0 Å². The average molecular weight is 234 g/mol. The monoisotopic (exact) mass is 234 g/mol. The fourth-order valence-electron chi connectivity index (χ4n) is 3.58. The van der Waals surface area contributed by atoms with Crippen molar-refractivity contribution in [3.63, 3.8) is 0 Å². The summed E-state index contributed by atoms with van der Waals surface area (Å²) < 4.78 is 0. The molecule has 5 atom stereocenters. The van der Waals surface area contributed by atoms with Crippen molar-refractivity contribution in [3.8, 4) is 6.07 Å². The van der Waals surface area contributed by atoms with Gasteiger partial charge in [0.05, 0.1) is 12.0 Å². The van der Waals surface area contributed by atoms with E-state index in [0.29, 0.717) is 12.1 Å². The van der Waals surface area contributed by atoms with Gasteiger partial charge in [-0.1, -0.05) is 39.5 Å². The van der Waals surface area contributed by atoms with E-state index in [2.05, 4.69) is 25.2 Å². The van der Waals surface area contributed by atoms with Gasteiger partial charge in [-0.05, 0) is 31.1 Å². The fraction of sp³-hybridized carbons (Fsp3) is 0.933. The molecule has 0 aromatic carbocycles. The molecule has 2 rings (SSSR count). The summed E-state index contributed by atoms with van der Waals surface area (Å²) in [4.78, 5) is 0. The van der Waals surface area contributed by atoms with Crippen LogP contribution in [0, 0.1) is 29.1 Å². The Labute approximate surface area is 106 Å². The lowest BCUT2D eigenvalue weighted by Gasteiger charge is -2.39. The Kier molecular flexibility index (Phi) is 4.45. The minimum absolute atomic E-state index is 0.258. The third kappa shape index (κ3) is 3.01. The average Bonchev–Trinajstić information content (AvgIpc) is 2.35. The molecule has 2 aliphatic carbocycles. The van der Waals surface area contributed by atoms with Gasteiger partial charge in [-0.3, -0.25) is 0 Å². The normalized spacial score (nSPS) is 43.0. The van der Waals surface area contributed by atoms with Crippen molar-refractivity contribution in [3.05, 3.63) is 0 Å². The molecule has 5 unspecified atom stereocenters. The lowest BCUT2D eigenvalue weighted by molar-refractivity contribution is 0.170. The second-order valence-corrected chi connectivity index (χ2v) is 6.17. The van der Waals surface area contributed by atoms with Crippen LogP contribution in [0.4, 0.5) is 0 Å². The molecule has 0 aliphatic heterocycles. The summed E-state index contributed by atoms with van der Waals surface area (Å²) in [6, 6.07) is 3.62. The summed E-state index contributed by atoms with van der Waals surface area (Å²) in [7, 11) is 0. The minimum Gasteiger partial charge on any atom is -0.310 e. The van der Waals surface area contributed by atoms with Crippen molar-refractivity contribution in [1.82, 2.24) is 5.32 Å². The molecule has 0 aromatic rings. The molecular formula is C15H26N2. The zero-order chi connectivity index (χ0) is 12.3. The minimum atomic E-state index is 0.258. The highest BCUT2D eigenvalue weighted by Gasteiger charge is 2.32. The largest absolute Gasteiger partial charge is 0.310 e. The van der Waals surface area contributed by atoms with Crippen molar-refractivity contribution in [2.45, 2.75) is 70.9 Å². The smallest absolute Gasteiger partial charge is 0.0672 e. The predicted octanol–water partition coefficient (Wildman–Crippen LogP) is 3.48. The van der Waals surface area contributed by atoms with Crippen LogP contribution in [0.15, 0.2) is 0 Å². The van der Waals surface area contributed by atoms with Crippen LogP contribution in [0.3, 0.4) is 0 Å². The molecule has 0 aromatic heterocycles. The van der Waals surface area contributed by atoms with E-state index in [1.807, 2.05) is 0 Å². The summed E-state index contributed by atoms with van der Waals surface area (Å²) in [5.41, 5.74) is 0. The highest BCUT2D eigenvalue weighted by Crippen LogP contribution is 2.32. The number of hydrogen-bond acceptors (Lipinski definition) is 2. The number of rotatable bonds is 2. The molecule has 0 saturated heterocycles. The second kappa shape index (κ2) is 5.87. The van der Waals surface area contributed by atoms with Gasteiger partial charge in [0.1, 0.15) is 0 Å². The molecule has 2 heteroatoms. The number of nitrogens with one attached hydrogen (secondary N) is 1. The van der Waals surface area contributed by atoms with Crippen LogP contribution in [0.1, 0.15) is 58.8 Å². The van der Waals surface area contributed by atoms with Crippen LogP contribution in [0.5, 0.6) is 0 Å². The highest BCUT2D eigenvalue weighted by molar-refractivity contribution is 4.97. The second-order valence-electron chi connectivity index (χ2n) is 6.17. The summed E-state index contributed by atoms with van der Waals surface area (Å²) in [6.45, 7) is 4.76. The van der Waals surface area contributed by atoms with E-state index < -0.39 is 0 Å². The van der Waals surface area contributed by atoms with Crippen molar-refractivity contribution >= 4 is 0 Å². The molecule has 2 saturated carbocycles. The topological polar surface area (TPSA) is 35.8 Å². The third-order valence-corrected chi connectivity index (χ3v) is 5.07. The summed E-state index contributed by atoms with van der Waals surface area (Å²) in [5, 5.41) is 13.0. The van der Waals surface area contributed by atoms with Gasteiger partial charge in [0.15, 0.2) is 0 Å². The van der Waals surface area contributed by atoms with Gasteiger partial charge < -0.3 is 5.32 Å². The Morgan fingerprint density at radius 1 is 0.941 bits per heavy atom. The van der Waals surface area contributed by atoms with Crippen LogP contribution < -0.4 is 5.32 Å². The zero-order valence-corrected chi connectivity index (χ0v) is 11.3.